The van der Waals surface area contributed by atoms with Crippen molar-refractivity contribution >= 4 is 34.6 Å². The molecular formula is C20H26N4O2S. The molecule has 4 N–H and O–H groups in total. The molecule has 7 heteroatoms. The summed E-state index contributed by atoms with van der Waals surface area (Å²) < 4.78 is 0. The third-order valence-electron chi connectivity index (χ3n) is 5.47. The molecule has 2 aromatic rings. The van der Waals surface area contributed by atoms with Crippen LogP contribution in [-0.4, -0.2) is 46.6 Å². The highest BCUT2D eigenvalue weighted by molar-refractivity contribution is 8.00. The van der Waals surface area contributed by atoms with Crippen LogP contribution in [0.15, 0.2) is 30.5 Å². The Bertz CT molecular complexity index is 821. The highest BCUT2D eigenvalue weighted by Gasteiger charge is 2.42. The van der Waals surface area contributed by atoms with Gasteiger partial charge in [-0.2, -0.15) is 11.8 Å². The maximum atomic E-state index is 12.1. The first-order chi connectivity index (χ1) is 13.2. The van der Waals surface area contributed by atoms with Crippen molar-refractivity contribution < 1.29 is 9.59 Å². The number of amides is 3. The van der Waals surface area contributed by atoms with Gasteiger partial charge in [-0.15, -0.1) is 0 Å². The molecule has 2 fully saturated rings. The standard InChI is InChI=1S/C20H26N4O2S/c25-18(21-10-9-13-11-22-15-6-2-1-5-14(13)15)8-4-3-7-17-19-16(12-27-17)23-20(26)24-19/h1-2,5-6,11,16-17,19,22H,3-4,7-10,12H2,(H,21,25)(H2,23,24,26)/t16-,17-,19-/m0/s1. The second kappa shape index (κ2) is 8.25. The van der Waals surface area contributed by atoms with Crippen LogP contribution >= 0.6 is 11.8 Å². The zero-order valence-corrected chi connectivity index (χ0v) is 16.1. The number of hydrogen-bond donors (Lipinski definition) is 4. The quantitative estimate of drug-likeness (QED) is 0.415. The summed E-state index contributed by atoms with van der Waals surface area (Å²) in [5.74, 6) is 1.12. The van der Waals surface area contributed by atoms with E-state index in [1.807, 2.05) is 30.1 Å². The second-order valence-corrected chi connectivity index (χ2v) is 8.60. The molecule has 0 saturated carbocycles. The Kier molecular flexibility index (Phi) is 5.57. The Morgan fingerprint density at radius 1 is 1.22 bits per heavy atom. The molecule has 0 spiro atoms. The molecule has 2 aliphatic rings. The molecule has 1 aromatic carbocycles. The van der Waals surface area contributed by atoms with Crippen molar-refractivity contribution in [1.29, 1.82) is 0 Å². The minimum atomic E-state index is -0.0371. The number of hydrogen-bond acceptors (Lipinski definition) is 3. The van der Waals surface area contributed by atoms with Gasteiger partial charge in [0.25, 0.3) is 0 Å². The highest BCUT2D eigenvalue weighted by atomic mass is 32.2. The van der Waals surface area contributed by atoms with Crippen molar-refractivity contribution in [1.82, 2.24) is 20.9 Å². The van der Waals surface area contributed by atoms with E-state index in [9.17, 15) is 9.59 Å². The van der Waals surface area contributed by atoms with E-state index in [4.69, 9.17) is 0 Å². The Hall–Kier alpha value is -2.15. The molecule has 3 heterocycles. The predicted molar refractivity (Wildman–Crippen MR) is 109 cm³/mol. The Balaban J connectivity index is 1.12. The van der Waals surface area contributed by atoms with E-state index in [1.54, 1.807) is 0 Å². The minimum Gasteiger partial charge on any atom is -0.361 e. The smallest absolute Gasteiger partial charge is 0.315 e. The summed E-state index contributed by atoms with van der Waals surface area (Å²) in [6, 6.07) is 8.73. The number of nitrogens with one attached hydrogen (secondary N) is 4. The van der Waals surface area contributed by atoms with Gasteiger partial charge in [-0.25, -0.2) is 4.79 Å². The molecule has 0 aliphatic carbocycles. The number of carbonyl (C=O) groups excluding carboxylic acids is 2. The summed E-state index contributed by atoms with van der Waals surface area (Å²) in [4.78, 5) is 26.7. The van der Waals surface area contributed by atoms with Crippen LogP contribution in [0, 0.1) is 0 Å². The summed E-state index contributed by atoms with van der Waals surface area (Å²) in [6.07, 6.45) is 6.41. The highest BCUT2D eigenvalue weighted by Crippen LogP contribution is 2.33. The number of benzene rings is 1. The van der Waals surface area contributed by atoms with Gasteiger partial charge in [0.2, 0.25) is 5.91 Å². The predicted octanol–water partition coefficient (Wildman–Crippen LogP) is 2.55. The summed E-state index contributed by atoms with van der Waals surface area (Å²) in [5.41, 5.74) is 2.38. The number of aromatic amines is 1. The molecular weight excluding hydrogens is 360 g/mol. The summed E-state index contributed by atoms with van der Waals surface area (Å²) in [6.45, 7) is 0.667. The fourth-order valence-electron chi connectivity index (χ4n) is 4.04. The zero-order chi connectivity index (χ0) is 18.6. The largest absolute Gasteiger partial charge is 0.361 e. The molecule has 6 nitrogen and oxygen atoms in total. The van der Waals surface area contributed by atoms with Crippen molar-refractivity contribution in [2.45, 2.75) is 49.4 Å². The van der Waals surface area contributed by atoms with Gasteiger partial charge < -0.3 is 20.9 Å². The number of urea groups is 1. The zero-order valence-electron chi connectivity index (χ0n) is 15.3. The average molecular weight is 387 g/mol. The molecule has 4 rings (SSSR count). The van der Waals surface area contributed by atoms with Gasteiger partial charge in [0.15, 0.2) is 0 Å². The van der Waals surface area contributed by atoms with Crippen molar-refractivity contribution in [3.05, 3.63) is 36.0 Å². The lowest BCUT2D eigenvalue weighted by atomic mass is 10.0. The van der Waals surface area contributed by atoms with Gasteiger partial charge in [0.05, 0.1) is 12.1 Å². The van der Waals surface area contributed by atoms with E-state index in [0.29, 0.717) is 18.2 Å². The van der Waals surface area contributed by atoms with Crippen molar-refractivity contribution in [3.8, 4) is 0 Å². The molecule has 1 aromatic heterocycles. The molecule has 27 heavy (non-hydrogen) atoms. The summed E-state index contributed by atoms with van der Waals surface area (Å²) in [5, 5.41) is 10.7. The third-order valence-corrected chi connectivity index (χ3v) is 6.98. The first-order valence-corrected chi connectivity index (χ1v) is 10.8. The first-order valence-electron chi connectivity index (χ1n) is 9.71. The molecule has 144 valence electrons. The molecule has 0 bridgehead atoms. The van der Waals surface area contributed by atoms with Crippen LogP contribution in [-0.2, 0) is 11.2 Å². The van der Waals surface area contributed by atoms with E-state index in [-0.39, 0.29) is 24.0 Å². The number of aromatic nitrogens is 1. The van der Waals surface area contributed by atoms with Gasteiger partial charge in [0, 0.05) is 41.1 Å². The number of thioether (sulfide) groups is 1. The number of unbranched alkanes of at least 4 members (excludes halogenated alkanes) is 1. The Morgan fingerprint density at radius 2 is 2.11 bits per heavy atom. The van der Waals surface area contributed by atoms with E-state index >= 15 is 0 Å². The van der Waals surface area contributed by atoms with Gasteiger partial charge in [-0.3, -0.25) is 4.79 Å². The van der Waals surface area contributed by atoms with Crippen LogP contribution < -0.4 is 16.0 Å². The topological polar surface area (TPSA) is 86.0 Å². The van der Waals surface area contributed by atoms with E-state index in [0.717, 1.165) is 37.0 Å². The van der Waals surface area contributed by atoms with Crippen LogP contribution in [0.5, 0.6) is 0 Å². The van der Waals surface area contributed by atoms with Crippen molar-refractivity contribution in [2.75, 3.05) is 12.3 Å². The van der Waals surface area contributed by atoms with Crippen LogP contribution in [0.2, 0.25) is 0 Å². The summed E-state index contributed by atoms with van der Waals surface area (Å²) in [7, 11) is 0. The number of carbonyl (C=O) groups is 2. The number of rotatable bonds is 8. The monoisotopic (exact) mass is 386 g/mol. The SMILES string of the molecule is O=C(CCCC[C@@H]1SC[C@@H]2NC(=O)N[C@@H]21)NCCc1c[nH]c2ccccc12. The van der Waals surface area contributed by atoms with Crippen LogP contribution in [0.3, 0.4) is 0 Å². The van der Waals surface area contributed by atoms with Gasteiger partial charge in [0.1, 0.15) is 0 Å². The molecule has 2 aliphatic heterocycles. The van der Waals surface area contributed by atoms with Crippen LogP contribution in [0.1, 0.15) is 31.2 Å². The van der Waals surface area contributed by atoms with Crippen LogP contribution in [0.4, 0.5) is 4.79 Å². The lowest BCUT2D eigenvalue weighted by molar-refractivity contribution is -0.121. The van der Waals surface area contributed by atoms with Gasteiger partial charge in [-0.05, 0) is 30.9 Å². The van der Waals surface area contributed by atoms with Gasteiger partial charge >= 0.3 is 6.03 Å². The minimum absolute atomic E-state index is 0.0371. The number of fused-ring (bicyclic) bond motifs is 2. The number of para-hydroxylation sites is 1. The van der Waals surface area contributed by atoms with Crippen LogP contribution in [0.25, 0.3) is 10.9 Å². The molecule has 0 unspecified atom stereocenters. The Morgan fingerprint density at radius 3 is 3.04 bits per heavy atom. The fourth-order valence-corrected chi connectivity index (χ4v) is 5.58. The van der Waals surface area contributed by atoms with E-state index in [2.05, 4.69) is 33.1 Å². The average Bonchev–Trinajstić information content (AvgIpc) is 3.34. The fraction of sp³-hybridized carbons (Fsp3) is 0.500. The third kappa shape index (κ3) is 4.24. The molecule has 3 amide bonds. The maximum Gasteiger partial charge on any atom is 0.315 e. The molecule has 0 radical (unpaired) electrons. The molecule has 2 saturated heterocycles. The van der Waals surface area contributed by atoms with Gasteiger partial charge in [-0.1, -0.05) is 24.6 Å². The van der Waals surface area contributed by atoms with E-state index in [1.165, 1.54) is 10.9 Å². The summed E-state index contributed by atoms with van der Waals surface area (Å²) >= 11 is 1.93. The lowest BCUT2D eigenvalue weighted by Crippen LogP contribution is -2.36. The first kappa shape index (κ1) is 18.2. The normalized spacial score (nSPS) is 23.9. The second-order valence-electron chi connectivity index (χ2n) is 7.33. The molecule has 3 atom stereocenters. The number of H-pyrrole nitrogens is 1. The van der Waals surface area contributed by atoms with Crippen molar-refractivity contribution in [3.63, 3.8) is 0 Å². The lowest BCUT2D eigenvalue weighted by Gasteiger charge is -2.16. The van der Waals surface area contributed by atoms with Crippen molar-refractivity contribution in [2.24, 2.45) is 0 Å². The maximum absolute atomic E-state index is 12.1. The van der Waals surface area contributed by atoms with E-state index < -0.39 is 0 Å². The Labute approximate surface area is 163 Å².